The van der Waals surface area contributed by atoms with Crippen molar-refractivity contribution in [3.8, 4) is 0 Å². The van der Waals surface area contributed by atoms with Crippen LogP contribution in [0.3, 0.4) is 0 Å². The Morgan fingerprint density at radius 3 is 2.12 bits per heavy atom. The zero-order valence-corrected chi connectivity index (χ0v) is 14.5. The van der Waals surface area contributed by atoms with Crippen LogP contribution in [0.15, 0.2) is 42.7 Å². The van der Waals surface area contributed by atoms with Gasteiger partial charge >= 0.3 is 0 Å². The van der Waals surface area contributed by atoms with E-state index in [1.165, 1.54) is 25.4 Å². The molecule has 0 radical (unpaired) electrons. The second-order valence-electron chi connectivity index (χ2n) is 5.42. The molecule has 0 unspecified atom stereocenters. The van der Waals surface area contributed by atoms with Crippen LogP contribution >= 0.6 is 0 Å². The molecule has 26 heavy (non-hydrogen) atoms. The molecule has 0 spiro atoms. The average Bonchev–Trinajstić information content (AvgIpc) is 2.63. The first-order chi connectivity index (χ1) is 12.5. The summed E-state index contributed by atoms with van der Waals surface area (Å²) in [7, 11) is 1.54. The molecule has 3 N–H and O–H groups in total. The van der Waals surface area contributed by atoms with Crippen LogP contribution in [0.4, 0.5) is 11.4 Å². The lowest BCUT2D eigenvalue weighted by Crippen LogP contribution is -2.27. The van der Waals surface area contributed by atoms with Crippen LogP contribution in [-0.2, 0) is 9.53 Å². The Labute approximate surface area is 151 Å². The highest BCUT2D eigenvalue weighted by Crippen LogP contribution is 2.15. The van der Waals surface area contributed by atoms with Gasteiger partial charge in [-0.3, -0.25) is 19.4 Å². The zero-order chi connectivity index (χ0) is 18.9. The maximum absolute atomic E-state index is 12.3. The topological polar surface area (TPSA) is 109 Å². The van der Waals surface area contributed by atoms with E-state index in [9.17, 15) is 14.4 Å². The van der Waals surface area contributed by atoms with E-state index in [1.54, 1.807) is 31.4 Å². The quantitative estimate of drug-likeness (QED) is 0.654. The number of carbonyl (C=O) groups excluding carboxylic acids is 3. The summed E-state index contributed by atoms with van der Waals surface area (Å²) in [4.78, 5) is 39.3. The largest absolute Gasteiger partial charge is 0.383 e. The van der Waals surface area contributed by atoms with Crippen molar-refractivity contribution < 1.29 is 19.1 Å². The summed E-state index contributed by atoms with van der Waals surface area (Å²) in [6.07, 6.45) is 2.77. The van der Waals surface area contributed by atoms with E-state index in [0.29, 0.717) is 24.5 Å². The SMILES string of the molecule is COCCNC(=O)c1cncc(C(=O)Nc2ccc(NC(C)=O)cc2)c1. The van der Waals surface area contributed by atoms with E-state index >= 15 is 0 Å². The van der Waals surface area contributed by atoms with Gasteiger partial charge in [0, 0.05) is 44.3 Å². The second kappa shape index (κ2) is 9.28. The summed E-state index contributed by atoms with van der Waals surface area (Å²) >= 11 is 0. The van der Waals surface area contributed by atoms with E-state index in [-0.39, 0.29) is 22.9 Å². The molecule has 0 bridgehead atoms. The number of nitrogens with zero attached hydrogens (tertiary/aromatic N) is 1. The Morgan fingerprint density at radius 1 is 0.962 bits per heavy atom. The average molecular weight is 356 g/mol. The van der Waals surface area contributed by atoms with Crippen molar-refractivity contribution in [2.24, 2.45) is 0 Å². The van der Waals surface area contributed by atoms with Gasteiger partial charge in [0.2, 0.25) is 5.91 Å². The molecular weight excluding hydrogens is 336 g/mol. The maximum Gasteiger partial charge on any atom is 0.257 e. The van der Waals surface area contributed by atoms with Gasteiger partial charge in [0.1, 0.15) is 0 Å². The monoisotopic (exact) mass is 356 g/mol. The molecule has 0 atom stereocenters. The minimum atomic E-state index is -0.392. The van der Waals surface area contributed by atoms with Gasteiger partial charge in [-0.2, -0.15) is 0 Å². The van der Waals surface area contributed by atoms with E-state index < -0.39 is 5.91 Å². The standard InChI is InChI=1S/C18H20N4O4/c1-12(23)21-15-3-5-16(6-4-15)22-18(25)14-9-13(10-19-11-14)17(24)20-7-8-26-2/h3-6,9-11H,7-8H2,1-2H3,(H,20,24)(H,21,23)(H,22,25). The molecular formula is C18H20N4O4. The lowest BCUT2D eigenvalue weighted by atomic mass is 10.1. The molecule has 1 heterocycles. The predicted octanol–water partition coefficient (Wildman–Crippen LogP) is 1.67. The fraction of sp³-hybridized carbons (Fsp3) is 0.222. The van der Waals surface area contributed by atoms with Gasteiger partial charge < -0.3 is 20.7 Å². The molecule has 2 aromatic rings. The van der Waals surface area contributed by atoms with Crippen LogP contribution in [0, 0.1) is 0 Å². The summed E-state index contributed by atoms with van der Waals surface area (Å²) in [5, 5.41) is 8.02. The number of methoxy groups -OCH3 is 1. The third-order valence-electron chi connectivity index (χ3n) is 3.32. The molecule has 1 aromatic carbocycles. The third kappa shape index (κ3) is 5.67. The highest BCUT2D eigenvalue weighted by molar-refractivity contribution is 6.06. The molecule has 0 aliphatic rings. The third-order valence-corrected chi connectivity index (χ3v) is 3.32. The number of nitrogens with one attached hydrogen (secondary N) is 3. The van der Waals surface area contributed by atoms with E-state index in [1.807, 2.05) is 0 Å². The van der Waals surface area contributed by atoms with Gasteiger partial charge in [-0.1, -0.05) is 0 Å². The Bertz CT molecular complexity index is 790. The van der Waals surface area contributed by atoms with Crippen LogP contribution in [0.1, 0.15) is 27.6 Å². The minimum Gasteiger partial charge on any atom is -0.383 e. The van der Waals surface area contributed by atoms with Gasteiger partial charge in [-0.25, -0.2) is 0 Å². The van der Waals surface area contributed by atoms with Gasteiger partial charge in [-0.15, -0.1) is 0 Å². The summed E-state index contributed by atoms with van der Waals surface area (Å²) in [5.41, 5.74) is 1.73. The number of aromatic nitrogens is 1. The van der Waals surface area contributed by atoms with Crippen LogP contribution in [0.5, 0.6) is 0 Å². The normalized spacial score (nSPS) is 10.1. The number of ether oxygens (including phenoxy) is 1. The van der Waals surface area contributed by atoms with Crippen LogP contribution in [0.2, 0.25) is 0 Å². The number of hydrogen-bond acceptors (Lipinski definition) is 5. The Morgan fingerprint density at radius 2 is 1.54 bits per heavy atom. The van der Waals surface area contributed by atoms with Crippen LogP contribution < -0.4 is 16.0 Å². The molecule has 8 heteroatoms. The Balaban J connectivity index is 2.02. The van der Waals surface area contributed by atoms with Gasteiger partial charge in [-0.05, 0) is 30.3 Å². The Hall–Kier alpha value is -3.26. The summed E-state index contributed by atoms with van der Waals surface area (Å²) in [6.45, 7) is 2.18. The Kier molecular flexibility index (Phi) is 6.81. The molecule has 136 valence electrons. The highest BCUT2D eigenvalue weighted by atomic mass is 16.5. The molecule has 8 nitrogen and oxygen atoms in total. The van der Waals surface area contributed by atoms with Crippen molar-refractivity contribution in [3.63, 3.8) is 0 Å². The zero-order valence-electron chi connectivity index (χ0n) is 14.5. The smallest absolute Gasteiger partial charge is 0.257 e. The highest BCUT2D eigenvalue weighted by Gasteiger charge is 2.11. The molecule has 3 amide bonds. The lowest BCUT2D eigenvalue weighted by molar-refractivity contribution is -0.114. The van der Waals surface area contributed by atoms with E-state index in [0.717, 1.165) is 0 Å². The first kappa shape index (κ1) is 19.1. The fourth-order valence-corrected chi connectivity index (χ4v) is 2.10. The fourth-order valence-electron chi connectivity index (χ4n) is 2.10. The molecule has 0 aliphatic carbocycles. The molecule has 2 rings (SSSR count). The first-order valence-electron chi connectivity index (χ1n) is 7.91. The van der Waals surface area contributed by atoms with Crippen molar-refractivity contribution >= 4 is 29.1 Å². The lowest BCUT2D eigenvalue weighted by Gasteiger charge is -2.08. The molecule has 0 saturated carbocycles. The number of benzene rings is 1. The van der Waals surface area contributed by atoms with Crippen molar-refractivity contribution in [2.75, 3.05) is 30.9 Å². The van der Waals surface area contributed by atoms with Crippen LogP contribution in [0.25, 0.3) is 0 Å². The molecule has 0 saturated heterocycles. The summed E-state index contributed by atoms with van der Waals surface area (Å²) in [5.74, 6) is -0.895. The van der Waals surface area contributed by atoms with Crippen molar-refractivity contribution in [3.05, 3.63) is 53.9 Å². The number of amides is 3. The van der Waals surface area contributed by atoms with Gasteiger partial charge in [0.25, 0.3) is 11.8 Å². The summed E-state index contributed by atoms with van der Waals surface area (Å²) < 4.78 is 4.87. The second-order valence-corrected chi connectivity index (χ2v) is 5.42. The van der Waals surface area contributed by atoms with Crippen molar-refractivity contribution in [1.29, 1.82) is 0 Å². The van der Waals surface area contributed by atoms with Gasteiger partial charge in [0.15, 0.2) is 0 Å². The number of anilines is 2. The minimum absolute atomic E-state index is 0.173. The number of pyridine rings is 1. The number of hydrogen-bond donors (Lipinski definition) is 3. The van der Waals surface area contributed by atoms with Crippen molar-refractivity contribution in [1.82, 2.24) is 10.3 Å². The molecule has 0 aliphatic heterocycles. The molecule has 0 fully saturated rings. The van der Waals surface area contributed by atoms with Crippen LogP contribution in [-0.4, -0.2) is 43.0 Å². The first-order valence-corrected chi connectivity index (χ1v) is 7.91. The number of carbonyl (C=O) groups is 3. The molecule has 1 aromatic heterocycles. The van der Waals surface area contributed by atoms with Gasteiger partial charge in [0.05, 0.1) is 17.7 Å². The summed E-state index contributed by atoms with van der Waals surface area (Å²) in [6, 6.07) is 8.15. The number of rotatable bonds is 7. The van der Waals surface area contributed by atoms with E-state index in [2.05, 4.69) is 20.9 Å². The van der Waals surface area contributed by atoms with Crippen molar-refractivity contribution in [2.45, 2.75) is 6.92 Å². The maximum atomic E-state index is 12.3. The predicted molar refractivity (Wildman–Crippen MR) is 97.1 cm³/mol. The van der Waals surface area contributed by atoms with E-state index in [4.69, 9.17) is 4.74 Å².